The third-order valence-corrected chi connectivity index (χ3v) is 6.53. The monoisotopic (exact) mass is 434 g/mol. The zero-order valence-electron chi connectivity index (χ0n) is 15.0. The summed E-state index contributed by atoms with van der Waals surface area (Å²) in [5, 5.41) is 0. The van der Waals surface area contributed by atoms with Crippen molar-refractivity contribution in [3.05, 3.63) is 33.4 Å². The van der Waals surface area contributed by atoms with Crippen LogP contribution in [0.2, 0.25) is 0 Å². The van der Waals surface area contributed by atoms with Crippen molar-refractivity contribution in [1.82, 2.24) is 0 Å². The predicted molar refractivity (Wildman–Crippen MR) is 99.7 cm³/mol. The molecule has 0 saturated heterocycles. The van der Waals surface area contributed by atoms with Crippen LogP contribution in [-0.2, 0) is 21.1 Å². The van der Waals surface area contributed by atoms with Gasteiger partial charge in [-0.2, -0.15) is 0 Å². The molecule has 0 aromatic heterocycles. The molecule has 4 nitrogen and oxygen atoms in total. The number of carbonyl (C=O) groups is 2. The second-order valence-corrected chi connectivity index (χ2v) is 10.4. The molecule has 0 unspecified atom stereocenters. The van der Waals surface area contributed by atoms with E-state index in [2.05, 4.69) is 20.8 Å². The molecule has 0 aliphatic carbocycles. The Morgan fingerprint density at radius 2 is 1.26 bits per heavy atom. The first-order chi connectivity index (χ1) is 10.5. The first kappa shape index (κ1) is 19.9. The van der Waals surface area contributed by atoms with Gasteiger partial charge in [0.05, 0.1) is 0 Å². The molecule has 0 N–H and O–H groups in total. The third kappa shape index (κ3) is 6.12. The molecule has 5 heteroatoms. The predicted octanol–water partition coefficient (Wildman–Crippen LogP) is 4.89. The Kier molecular flexibility index (Phi) is 7.04. The molecule has 1 aromatic carbocycles. The van der Waals surface area contributed by atoms with E-state index in [1.54, 1.807) is 27.7 Å². The molecule has 0 spiro atoms. The molecule has 0 amide bonds. The standard InChI is InChI=1S/C18H27IO4/c1-12(2)16(20)22-19(23-17(21)13(3)4)15-10-8-14(9-11-15)18(5,6)7/h8-13H,1-7H3. The summed E-state index contributed by atoms with van der Waals surface area (Å²) >= 11 is -2.80. The fraction of sp³-hybridized carbons (Fsp3) is 0.556. The van der Waals surface area contributed by atoms with Crippen LogP contribution in [0.4, 0.5) is 0 Å². The number of benzene rings is 1. The van der Waals surface area contributed by atoms with Crippen LogP contribution in [0.3, 0.4) is 0 Å². The van der Waals surface area contributed by atoms with Crippen LogP contribution < -0.4 is 0 Å². The van der Waals surface area contributed by atoms with Crippen molar-refractivity contribution in [3.63, 3.8) is 0 Å². The maximum absolute atomic E-state index is 11.9. The van der Waals surface area contributed by atoms with Gasteiger partial charge in [0.1, 0.15) is 0 Å². The van der Waals surface area contributed by atoms with Crippen LogP contribution in [0.25, 0.3) is 0 Å². The van der Waals surface area contributed by atoms with E-state index in [0.29, 0.717) is 0 Å². The van der Waals surface area contributed by atoms with Gasteiger partial charge in [-0.25, -0.2) is 0 Å². The van der Waals surface area contributed by atoms with E-state index < -0.39 is 20.6 Å². The second kappa shape index (κ2) is 8.13. The van der Waals surface area contributed by atoms with Crippen LogP contribution in [0.1, 0.15) is 54.0 Å². The molecule has 23 heavy (non-hydrogen) atoms. The van der Waals surface area contributed by atoms with Crippen LogP contribution in [0.5, 0.6) is 0 Å². The van der Waals surface area contributed by atoms with Crippen LogP contribution in [-0.4, -0.2) is 11.9 Å². The van der Waals surface area contributed by atoms with Crippen molar-refractivity contribution in [2.45, 2.75) is 53.9 Å². The average molecular weight is 434 g/mol. The van der Waals surface area contributed by atoms with Gasteiger partial charge in [0.15, 0.2) is 0 Å². The molecule has 0 aliphatic heterocycles. The van der Waals surface area contributed by atoms with Gasteiger partial charge in [0.2, 0.25) is 0 Å². The molecule has 0 aliphatic rings. The van der Waals surface area contributed by atoms with Crippen molar-refractivity contribution >= 4 is 32.6 Å². The van der Waals surface area contributed by atoms with Gasteiger partial charge in [0.25, 0.3) is 0 Å². The Morgan fingerprint density at radius 1 is 0.870 bits per heavy atom. The number of halogens is 1. The van der Waals surface area contributed by atoms with Crippen LogP contribution >= 0.6 is 20.6 Å². The van der Waals surface area contributed by atoms with Gasteiger partial charge in [-0.15, -0.1) is 0 Å². The SMILES string of the molecule is CC(C)C(=O)OI(OC(=O)C(C)C)c1ccc(C(C)(C)C)cc1. The summed E-state index contributed by atoms with van der Waals surface area (Å²) in [5.74, 6) is -1.15. The first-order valence-corrected chi connectivity index (χ1v) is 10.6. The molecule has 0 heterocycles. The van der Waals surface area contributed by atoms with Gasteiger partial charge < -0.3 is 0 Å². The molecule has 1 rings (SSSR count). The Balaban J connectivity index is 3.03. The van der Waals surface area contributed by atoms with Crippen molar-refractivity contribution in [2.24, 2.45) is 11.8 Å². The summed E-state index contributed by atoms with van der Waals surface area (Å²) < 4.78 is 11.8. The van der Waals surface area contributed by atoms with E-state index in [1.807, 2.05) is 24.3 Å². The molecule has 0 atom stereocenters. The van der Waals surface area contributed by atoms with E-state index in [1.165, 1.54) is 5.56 Å². The fourth-order valence-electron chi connectivity index (χ4n) is 1.47. The molecular formula is C18H27IO4. The van der Waals surface area contributed by atoms with Gasteiger partial charge in [0, 0.05) is 0 Å². The first-order valence-electron chi connectivity index (χ1n) is 7.77. The van der Waals surface area contributed by atoms with Crippen molar-refractivity contribution in [1.29, 1.82) is 0 Å². The maximum atomic E-state index is 11.9. The summed E-state index contributed by atoms with van der Waals surface area (Å²) in [6.07, 6.45) is 0. The Morgan fingerprint density at radius 3 is 1.57 bits per heavy atom. The summed E-state index contributed by atoms with van der Waals surface area (Å²) in [4.78, 5) is 23.9. The summed E-state index contributed by atoms with van der Waals surface area (Å²) in [6.45, 7) is 13.5. The normalized spacial score (nSPS) is 12.3. The Hall–Kier alpha value is -1.11. The number of rotatable bonds is 5. The van der Waals surface area contributed by atoms with Crippen molar-refractivity contribution < 1.29 is 15.7 Å². The Bertz CT molecular complexity index is 519. The number of hydrogen-bond acceptors (Lipinski definition) is 4. The van der Waals surface area contributed by atoms with Crippen molar-refractivity contribution in [3.8, 4) is 0 Å². The minimum absolute atomic E-state index is 0.0425. The van der Waals surface area contributed by atoms with E-state index in [-0.39, 0.29) is 29.2 Å². The third-order valence-electron chi connectivity index (χ3n) is 3.12. The van der Waals surface area contributed by atoms with E-state index in [0.717, 1.165) is 3.57 Å². The quantitative estimate of drug-likeness (QED) is 0.620. The fourth-order valence-corrected chi connectivity index (χ4v) is 4.82. The molecule has 130 valence electrons. The summed E-state index contributed by atoms with van der Waals surface area (Å²) in [6, 6.07) is 7.83. The van der Waals surface area contributed by atoms with Crippen LogP contribution in [0.15, 0.2) is 24.3 Å². The Labute approximate surface area is 147 Å². The molecule has 1 aromatic rings. The summed E-state index contributed by atoms with van der Waals surface area (Å²) in [5.41, 5.74) is 1.23. The molecule has 0 radical (unpaired) electrons. The van der Waals surface area contributed by atoms with Gasteiger partial charge in [-0.1, -0.05) is 0 Å². The zero-order chi connectivity index (χ0) is 17.8. The molecule has 0 bridgehead atoms. The van der Waals surface area contributed by atoms with E-state index in [9.17, 15) is 9.59 Å². The van der Waals surface area contributed by atoms with Gasteiger partial charge >= 0.3 is 147 Å². The van der Waals surface area contributed by atoms with E-state index >= 15 is 0 Å². The van der Waals surface area contributed by atoms with Crippen molar-refractivity contribution in [2.75, 3.05) is 0 Å². The van der Waals surface area contributed by atoms with Gasteiger partial charge in [-0.3, -0.25) is 0 Å². The van der Waals surface area contributed by atoms with E-state index in [4.69, 9.17) is 6.13 Å². The van der Waals surface area contributed by atoms with Crippen LogP contribution in [0, 0.1) is 15.4 Å². The zero-order valence-corrected chi connectivity index (χ0v) is 17.1. The summed E-state index contributed by atoms with van der Waals surface area (Å²) in [7, 11) is 0. The van der Waals surface area contributed by atoms with Gasteiger partial charge in [-0.05, 0) is 0 Å². The molecule has 0 saturated carbocycles. The number of carbonyl (C=O) groups excluding carboxylic acids is 2. The number of hydrogen-bond donors (Lipinski definition) is 0. The topological polar surface area (TPSA) is 52.6 Å². The molecule has 0 fully saturated rings. The minimum atomic E-state index is -2.80. The second-order valence-electron chi connectivity index (χ2n) is 7.08. The molecular weight excluding hydrogens is 407 g/mol. The average Bonchev–Trinajstić information content (AvgIpc) is 2.45.